The van der Waals surface area contributed by atoms with Gasteiger partial charge in [0.2, 0.25) is 0 Å². The van der Waals surface area contributed by atoms with Gasteiger partial charge < -0.3 is 9.47 Å². The van der Waals surface area contributed by atoms with Crippen LogP contribution in [0.5, 0.6) is 11.5 Å². The summed E-state index contributed by atoms with van der Waals surface area (Å²) in [6, 6.07) is 11.2. The minimum Gasteiger partial charge on any atom is -0.493 e. The van der Waals surface area contributed by atoms with Gasteiger partial charge in [-0.1, -0.05) is 6.07 Å². The fourth-order valence-corrected chi connectivity index (χ4v) is 3.52. The van der Waals surface area contributed by atoms with Gasteiger partial charge in [0.05, 0.1) is 18.7 Å². The van der Waals surface area contributed by atoms with Gasteiger partial charge in [-0.3, -0.25) is 0 Å². The van der Waals surface area contributed by atoms with Crippen LogP contribution in [0, 0.1) is 24.1 Å². The van der Waals surface area contributed by atoms with Crippen molar-refractivity contribution in [2.75, 3.05) is 7.11 Å². The molecule has 0 spiro atoms. The molecule has 2 aromatic carbocycles. The molecule has 4 nitrogen and oxygen atoms in total. The molecule has 0 amide bonds. The first-order valence-corrected chi connectivity index (χ1v) is 7.84. The summed E-state index contributed by atoms with van der Waals surface area (Å²) in [5, 5.41) is 9.34. The molecule has 3 aromatic rings. The SMILES string of the molecule is COc1cc(C#N)ccc1OC(=O)c1sc2cccc(F)c2c1C. The van der Waals surface area contributed by atoms with Gasteiger partial charge in [-0.15, -0.1) is 11.3 Å². The fourth-order valence-electron chi connectivity index (χ4n) is 2.42. The summed E-state index contributed by atoms with van der Waals surface area (Å²) in [7, 11) is 1.42. The molecule has 0 aliphatic rings. The van der Waals surface area contributed by atoms with E-state index in [1.54, 1.807) is 19.1 Å². The number of hydrogen-bond donors (Lipinski definition) is 0. The molecule has 0 radical (unpaired) electrons. The van der Waals surface area contributed by atoms with E-state index in [2.05, 4.69) is 0 Å². The fraction of sp³-hybridized carbons (Fsp3) is 0.111. The van der Waals surface area contributed by atoms with E-state index >= 15 is 0 Å². The van der Waals surface area contributed by atoms with Crippen molar-refractivity contribution >= 4 is 27.4 Å². The Hall–Kier alpha value is -2.91. The third-order valence-electron chi connectivity index (χ3n) is 3.58. The van der Waals surface area contributed by atoms with Crippen LogP contribution >= 0.6 is 11.3 Å². The van der Waals surface area contributed by atoms with E-state index in [9.17, 15) is 9.18 Å². The van der Waals surface area contributed by atoms with Crippen molar-refractivity contribution < 1.29 is 18.7 Å². The Kier molecular flexibility index (Phi) is 4.19. The molecule has 120 valence electrons. The number of carbonyl (C=O) groups is 1. The molecule has 6 heteroatoms. The number of methoxy groups -OCH3 is 1. The number of thiophene rings is 1. The van der Waals surface area contributed by atoms with Crippen molar-refractivity contribution in [2.45, 2.75) is 6.92 Å². The number of esters is 1. The summed E-state index contributed by atoms with van der Waals surface area (Å²) in [5.74, 6) is -0.460. The third kappa shape index (κ3) is 2.70. The van der Waals surface area contributed by atoms with E-state index in [0.717, 1.165) is 0 Å². The van der Waals surface area contributed by atoms with Gasteiger partial charge >= 0.3 is 5.97 Å². The molecule has 0 saturated heterocycles. The summed E-state index contributed by atoms with van der Waals surface area (Å²) in [6.07, 6.45) is 0. The van der Waals surface area contributed by atoms with Crippen molar-refractivity contribution in [1.82, 2.24) is 0 Å². The van der Waals surface area contributed by atoms with Gasteiger partial charge in [-0.25, -0.2) is 9.18 Å². The first-order chi connectivity index (χ1) is 11.5. The molecule has 0 atom stereocenters. The molecule has 0 saturated carbocycles. The number of ether oxygens (including phenoxy) is 2. The number of halogens is 1. The topological polar surface area (TPSA) is 59.3 Å². The lowest BCUT2D eigenvalue weighted by Crippen LogP contribution is -2.09. The molecule has 0 unspecified atom stereocenters. The quantitative estimate of drug-likeness (QED) is 0.522. The number of fused-ring (bicyclic) bond motifs is 1. The van der Waals surface area contributed by atoms with Crippen molar-refractivity contribution in [3.8, 4) is 17.6 Å². The smallest absolute Gasteiger partial charge is 0.354 e. The van der Waals surface area contributed by atoms with Crippen LogP contribution in [0.1, 0.15) is 20.8 Å². The van der Waals surface area contributed by atoms with Crippen LogP contribution in [0.25, 0.3) is 10.1 Å². The van der Waals surface area contributed by atoms with E-state index in [-0.39, 0.29) is 17.3 Å². The summed E-state index contributed by atoms with van der Waals surface area (Å²) >= 11 is 1.18. The first-order valence-electron chi connectivity index (χ1n) is 7.03. The van der Waals surface area contributed by atoms with Crippen LogP contribution in [0.15, 0.2) is 36.4 Å². The van der Waals surface area contributed by atoms with Crippen LogP contribution in [0.3, 0.4) is 0 Å². The molecule has 0 N–H and O–H groups in total. The van der Waals surface area contributed by atoms with Gasteiger partial charge in [0.1, 0.15) is 10.7 Å². The number of aryl methyl sites for hydroxylation is 1. The molecule has 0 fully saturated rings. The minimum absolute atomic E-state index is 0.207. The lowest BCUT2D eigenvalue weighted by atomic mass is 10.1. The maximum atomic E-state index is 14.0. The highest BCUT2D eigenvalue weighted by atomic mass is 32.1. The van der Waals surface area contributed by atoms with E-state index < -0.39 is 5.97 Å². The van der Waals surface area contributed by atoms with E-state index in [1.165, 1.54) is 42.7 Å². The monoisotopic (exact) mass is 341 g/mol. The van der Waals surface area contributed by atoms with E-state index in [1.807, 2.05) is 6.07 Å². The largest absolute Gasteiger partial charge is 0.493 e. The van der Waals surface area contributed by atoms with E-state index in [4.69, 9.17) is 14.7 Å². The maximum absolute atomic E-state index is 14.0. The third-order valence-corrected chi connectivity index (χ3v) is 4.82. The molecule has 1 heterocycles. The highest BCUT2D eigenvalue weighted by molar-refractivity contribution is 7.21. The molecule has 0 aliphatic carbocycles. The summed E-state index contributed by atoms with van der Waals surface area (Å²) < 4.78 is 25.2. The van der Waals surface area contributed by atoms with Gasteiger partial charge in [-0.05, 0) is 36.8 Å². The zero-order valence-electron chi connectivity index (χ0n) is 12.9. The predicted molar refractivity (Wildman–Crippen MR) is 89.2 cm³/mol. The molecular weight excluding hydrogens is 329 g/mol. The minimum atomic E-state index is -0.587. The highest BCUT2D eigenvalue weighted by Crippen LogP contribution is 2.34. The summed E-state index contributed by atoms with van der Waals surface area (Å²) in [5.41, 5.74) is 0.942. The van der Waals surface area contributed by atoms with Gasteiger partial charge in [0.15, 0.2) is 11.5 Å². The average Bonchev–Trinajstić information content (AvgIpc) is 2.93. The Morgan fingerprint density at radius 1 is 1.25 bits per heavy atom. The Morgan fingerprint density at radius 3 is 2.71 bits per heavy atom. The second-order valence-electron chi connectivity index (χ2n) is 5.04. The lowest BCUT2D eigenvalue weighted by molar-refractivity contribution is 0.0734. The molecule has 3 rings (SSSR count). The Balaban J connectivity index is 1.98. The maximum Gasteiger partial charge on any atom is 0.354 e. The average molecular weight is 341 g/mol. The number of nitriles is 1. The van der Waals surface area contributed by atoms with E-state index in [0.29, 0.717) is 26.1 Å². The Bertz CT molecular complexity index is 988. The second-order valence-corrected chi connectivity index (χ2v) is 6.09. The van der Waals surface area contributed by atoms with Crippen molar-refractivity contribution in [2.24, 2.45) is 0 Å². The Morgan fingerprint density at radius 2 is 2.04 bits per heavy atom. The van der Waals surface area contributed by atoms with Crippen molar-refractivity contribution in [1.29, 1.82) is 5.26 Å². The second kappa shape index (κ2) is 6.30. The first kappa shape index (κ1) is 16.0. The van der Waals surface area contributed by atoms with Gasteiger partial charge in [-0.2, -0.15) is 5.26 Å². The number of carbonyl (C=O) groups excluding carboxylic acids is 1. The molecular formula is C18H12FNO3S. The zero-order valence-corrected chi connectivity index (χ0v) is 13.7. The zero-order chi connectivity index (χ0) is 17.3. The summed E-state index contributed by atoms with van der Waals surface area (Å²) in [4.78, 5) is 12.8. The van der Waals surface area contributed by atoms with Crippen molar-refractivity contribution in [3.05, 3.63) is 58.2 Å². The van der Waals surface area contributed by atoms with Crippen LogP contribution < -0.4 is 9.47 Å². The number of hydrogen-bond acceptors (Lipinski definition) is 5. The van der Waals surface area contributed by atoms with Gasteiger partial charge in [0.25, 0.3) is 0 Å². The van der Waals surface area contributed by atoms with Crippen LogP contribution in [-0.2, 0) is 0 Å². The summed E-state index contributed by atoms with van der Waals surface area (Å²) in [6.45, 7) is 1.69. The molecule has 0 aliphatic heterocycles. The Labute approximate surface area is 141 Å². The van der Waals surface area contributed by atoms with Crippen LogP contribution in [-0.4, -0.2) is 13.1 Å². The van der Waals surface area contributed by atoms with Crippen LogP contribution in [0.4, 0.5) is 4.39 Å². The molecule has 1 aromatic heterocycles. The highest BCUT2D eigenvalue weighted by Gasteiger charge is 2.20. The number of rotatable bonds is 3. The number of nitrogens with zero attached hydrogens (tertiary/aromatic N) is 1. The van der Waals surface area contributed by atoms with Crippen molar-refractivity contribution in [3.63, 3.8) is 0 Å². The van der Waals surface area contributed by atoms with Gasteiger partial charge in [0, 0.05) is 16.2 Å². The number of benzene rings is 2. The van der Waals surface area contributed by atoms with Crippen LogP contribution in [0.2, 0.25) is 0 Å². The molecule has 0 bridgehead atoms. The standard InChI is InChI=1S/C18H12FNO3S/c1-10-16-12(19)4-3-5-15(16)24-17(10)18(21)23-13-7-6-11(9-20)8-14(13)22-2/h3-8H,1-2H3. The predicted octanol–water partition coefficient (Wildman–Crippen LogP) is 4.45. The normalized spacial score (nSPS) is 10.4. The lowest BCUT2D eigenvalue weighted by Gasteiger charge is -2.09. The molecule has 24 heavy (non-hydrogen) atoms.